The number of benzene rings is 2. The van der Waals surface area contributed by atoms with Crippen LogP contribution in [0.25, 0.3) is 21.0 Å². The first kappa shape index (κ1) is 17.0. The number of ether oxygens (including phenoxy) is 1. The van der Waals surface area contributed by atoms with Crippen molar-refractivity contribution in [3.63, 3.8) is 0 Å². The summed E-state index contributed by atoms with van der Waals surface area (Å²) in [6.07, 6.45) is 0. The van der Waals surface area contributed by atoms with E-state index in [1.54, 1.807) is 42.5 Å². The molecule has 0 bridgehead atoms. The first-order valence-corrected chi connectivity index (χ1v) is 8.99. The molecule has 0 unspecified atom stereocenters. The Kier molecular flexibility index (Phi) is 4.36. The van der Waals surface area contributed by atoms with Gasteiger partial charge in [0, 0.05) is 15.1 Å². The number of rotatable bonds is 3. The predicted molar refractivity (Wildman–Crippen MR) is 101 cm³/mol. The fourth-order valence-corrected chi connectivity index (χ4v) is 4.14. The van der Waals surface area contributed by atoms with E-state index in [2.05, 4.69) is 10.3 Å². The summed E-state index contributed by atoms with van der Waals surface area (Å²) in [5.74, 6) is -0.644. The van der Waals surface area contributed by atoms with Gasteiger partial charge in [0.1, 0.15) is 10.4 Å². The summed E-state index contributed by atoms with van der Waals surface area (Å²) in [6, 6.07) is 12.0. The van der Waals surface area contributed by atoms with Crippen molar-refractivity contribution in [1.29, 1.82) is 0 Å². The number of esters is 1. The first-order chi connectivity index (χ1) is 12.5. The summed E-state index contributed by atoms with van der Waals surface area (Å²) in [4.78, 5) is 25.0. The Balaban J connectivity index is 1.61. The average molecular weight is 406 g/mol. The van der Waals surface area contributed by atoms with Gasteiger partial charge in [-0.25, -0.2) is 4.79 Å². The summed E-state index contributed by atoms with van der Waals surface area (Å²) in [5, 5.41) is 9.68. The number of hydrogen-bond donors (Lipinski definition) is 0. The van der Waals surface area contributed by atoms with E-state index < -0.39 is 11.5 Å². The molecule has 0 fully saturated rings. The standard InChI is InChI=1S/C17H9Cl2N3O3S/c18-9-5-6-11-13(7-9)26-15(14(11)19)17(24)25-8-22-16(23)10-3-1-2-4-12(10)20-21-22/h1-7H,8H2. The van der Waals surface area contributed by atoms with Crippen LogP contribution in [-0.4, -0.2) is 21.0 Å². The highest BCUT2D eigenvalue weighted by atomic mass is 35.5. The quantitative estimate of drug-likeness (QED) is 0.479. The van der Waals surface area contributed by atoms with Crippen molar-refractivity contribution in [3.8, 4) is 0 Å². The van der Waals surface area contributed by atoms with Gasteiger partial charge < -0.3 is 4.74 Å². The molecule has 9 heteroatoms. The average Bonchev–Trinajstić information content (AvgIpc) is 2.97. The van der Waals surface area contributed by atoms with Gasteiger partial charge in [0.15, 0.2) is 6.73 Å². The van der Waals surface area contributed by atoms with Gasteiger partial charge in [-0.05, 0) is 24.3 Å². The second-order valence-corrected chi connectivity index (χ2v) is 7.22. The number of fused-ring (bicyclic) bond motifs is 2. The minimum atomic E-state index is -0.644. The molecule has 0 aliphatic heterocycles. The van der Waals surface area contributed by atoms with Gasteiger partial charge in [0.05, 0.1) is 10.4 Å². The largest absolute Gasteiger partial charge is 0.438 e. The highest BCUT2D eigenvalue weighted by molar-refractivity contribution is 7.21. The third kappa shape index (κ3) is 2.94. The monoisotopic (exact) mass is 405 g/mol. The molecule has 26 heavy (non-hydrogen) atoms. The topological polar surface area (TPSA) is 74.1 Å². The Morgan fingerprint density at radius 3 is 2.81 bits per heavy atom. The van der Waals surface area contributed by atoms with E-state index >= 15 is 0 Å². The molecular weight excluding hydrogens is 397 g/mol. The van der Waals surface area contributed by atoms with Crippen LogP contribution in [0.3, 0.4) is 0 Å². The van der Waals surface area contributed by atoms with E-state index in [0.717, 1.165) is 14.8 Å². The second-order valence-electron chi connectivity index (χ2n) is 5.36. The van der Waals surface area contributed by atoms with Crippen LogP contribution in [0, 0.1) is 0 Å². The van der Waals surface area contributed by atoms with Crippen LogP contribution in [0.5, 0.6) is 0 Å². The molecule has 4 aromatic rings. The lowest BCUT2D eigenvalue weighted by Crippen LogP contribution is -2.26. The minimum absolute atomic E-state index is 0.241. The maximum absolute atomic E-state index is 12.4. The van der Waals surface area contributed by atoms with Crippen LogP contribution in [0.15, 0.2) is 47.3 Å². The number of thiophene rings is 1. The van der Waals surface area contributed by atoms with Gasteiger partial charge in [-0.1, -0.05) is 46.6 Å². The zero-order valence-electron chi connectivity index (χ0n) is 13.0. The number of hydrogen-bond acceptors (Lipinski definition) is 6. The van der Waals surface area contributed by atoms with Gasteiger partial charge in [0.2, 0.25) is 0 Å². The van der Waals surface area contributed by atoms with Crippen molar-refractivity contribution in [2.75, 3.05) is 0 Å². The number of nitrogens with zero attached hydrogens (tertiary/aromatic N) is 3. The summed E-state index contributed by atoms with van der Waals surface area (Å²) < 4.78 is 6.96. The molecule has 0 radical (unpaired) electrons. The van der Waals surface area contributed by atoms with E-state index in [4.69, 9.17) is 27.9 Å². The summed E-state index contributed by atoms with van der Waals surface area (Å²) in [5.41, 5.74) is 0.0853. The molecule has 0 aliphatic rings. The molecule has 0 atom stereocenters. The van der Waals surface area contributed by atoms with Gasteiger partial charge in [0.25, 0.3) is 5.56 Å². The number of carbonyl (C=O) groups is 1. The Labute approximate surface area is 160 Å². The van der Waals surface area contributed by atoms with Crippen molar-refractivity contribution in [1.82, 2.24) is 15.0 Å². The van der Waals surface area contributed by atoms with Crippen LogP contribution < -0.4 is 5.56 Å². The Bertz CT molecular complexity index is 1220. The SMILES string of the molecule is O=C(OCn1nnc2ccccc2c1=O)c1sc2cc(Cl)ccc2c1Cl. The third-order valence-corrected chi connectivity index (χ3v) is 5.60. The number of halogens is 2. The molecule has 2 aromatic carbocycles. The Morgan fingerprint density at radius 2 is 1.96 bits per heavy atom. The predicted octanol–water partition coefficient (Wildman–Crippen LogP) is 4.13. The molecule has 0 spiro atoms. The summed E-state index contributed by atoms with van der Waals surface area (Å²) >= 11 is 13.4. The van der Waals surface area contributed by atoms with Crippen LogP contribution in [0.1, 0.15) is 9.67 Å². The number of carbonyl (C=O) groups excluding carboxylic acids is 1. The third-order valence-electron chi connectivity index (χ3n) is 3.72. The lowest BCUT2D eigenvalue weighted by molar-refractivity contribution is 0.0342. The molecule has 2 aromatic heterocycles. The zero-order chi connectivity index (χ0) is 18.3. The summed E-state index contributed by atoms with van der Waals surface area (Å²) in [7, 11) is 0. The molecular formula is C17H9Cl2N3O3S. The fourth-order valence-electron chi connectivity index (χ4n) is 2.46. The molecule has 4 rings (SSSR count). The van der Waals surface area contributed by atoms with Gasteiger partial charge in [-0.3, -0.25) is 4.79 Å². The molecule has 6 nitrogen and oxygen atoms in total. The van der Waals surface area contributed by atoms with Crippen molar-refractivity contribution in [3.05, 3.63) is 67.7 Å². The highest BCUT2D eigenvalue weighted by Crippen LogP contribution is 2.37. The van der Waals surface area contributed by atoms with Crippen molar-refractivity contribution < 1.29 is 9.53 Å². The lowest BCUT2D eigenvalue weighted by Gasteiger charge is -2.05. The normalized spacial score (nSPS) is 11.2. The van der Waals surface area contributed by atoms with Crippen LogP contribution in [0.4, 0.5) is 0 Å². The van der Waals surface area contributed by atoms with Gasteiger partial charge in [-0.15, -0.1) is 16.4 Å². The molecule has 2 heterocycles. The molecule has 0 saturated carbocycles. The van der Waals surface area contributed by atoms with Crippen molar-refractivity contribution in [2.45, 2.75) is 6.73 Å². The van der Waals surface area contributed by atoms with Crippen LogP contribution >= 0.6 is 34.5 Å². The Morgan fingerprint density at radius 1 is 1.15 bits per heavy atom. The van der Waals surface area contributed by atoms with E-state index in [-0.39, 0.29) is 11.6 Å². The maximum Gasteiger partial charge on any atom is 0.351 e. The highest BCUT2D eigenvalue weighted by Gasteiger charge is 2.19. The van der Waals surface area contributed by atoms with Gasteiger partial charge >= 0.3 is 5.97 Å². The van der Waals surface area contributed by atoms with Gasteiger partial charge in [-0.2, -0.15) is 4.68 Å². The van der Waals surface area contributed by atoms with E-state index in [9.17, 15) is 9.59 Å². The molecule has 0 amide bonds. The lowest BCUT2D eigenvalue weighted by atomic mass is 10.2. The van der Waals surface area contributed by atoms with Crippen molar-refractivity contribution in [2.24, 2.45) is 0 Å². The Hall–Kier alpha value is -2.48. The van der Waals surface area contributed by atoms with E-state index in [1.165, 1.54) is 11.3 Å². The molecule has 130 valence electrons. The van der Waals surface area contributed by atoms with E-state index in [1.807, 2.05) is 0 Å². The minimum Gasteiger partial charge on any atom is -0.438 e. The first-order valence-electron chi connectivity index (χ1n) is 7.42. The van der Waals surface area contributed by atoms with Crippen LogP contribution in [0.2, 0.25) is 10.0 Å². The summed E-state index contributed by atoms with van der Waals surface area (Å²) in [6.45, 7) is -0.360. The second kappa shape index (κ2) is 6.68. The molecule has 0 N–H and O–H groups in total. The number of aromatic nitrogens is 3. The van der Waals surface area contributed by atoms with E-state index in [0.29, 0.717) is 20.9 Å². The molecule has 0 saturated heterocycles. The maximum atomic E-state index is 12.4. The van der Waals surface area contributed by atoms with Crippen molar-refractivity contribution >= 4 is 61.5 Å². The van der Waals surface area contributed by atoms with Crippen LogP contribution in [-0.2, 0) is 11.5 Å². The smallest absolute Gasteiger partial charge is 0.351 e. The zero-order valence-corrected chi connectivity index (χ0v) is 15.3. The molecule has 0 aliphatic carbocycles. The fraction of sp³-hybridized carbons (Fsp3) is 0.0588.